The SMILES string of the molecule is O=C(Cn1nc2ccc(Cl)cc2n1)NC[C@@H]1CCCN2CCCC[C@H]12. The fraction of sp³-hybridized carbons (Fsp3) is 0.611. The van der Waals surface area contributed by atoms with Crippen LogP contribution in [-0.2, 0) is 11.3 Å². The third-order valence-electron chi connectivity index (χ3n) is 5.46. The highest BCUT2D eigenvalue weighted by atomic mass is 35.5. The number of amides is 1. The predicted molar refractivity (Wildman–Crippen MR) is 97.5 cm³/mol. The fourth-order valence-corrected chi connectivity index (χ4v) is 4.41. The normalized spacial score (nSPS) is 24.2. The highest BCUT2D eigenvalue weighted by Crippen LogP contribution is 2.30. The summed E-state index contributed by atoms with van der Waals surface area (Å²) >= 11 is 5.96. The molecule has 0 spiro atoms. The van der Waals surface area contributed by atoms with Crippen LogP contribution in [0.25, 0.3) is 11.0 Å². The van der Waals surface area contributed by atoms with E-state index >= 15 is 0 Å². The van der Waals surface area contributed by atoms with Crippen LogP contribution in [0.1, 0.15) is 32.1 Å². The van der Waals surface area contributed by atoms with E-state index < -0.39 is 0 Å². The molecule has 134 valence electrons. The maximum atomic E-state index is 12.3. The third kappa shape index (κ3) is 3.80. The van der Waals surface area contributed by atoms with Gasteiger partial charge in [0, 0.05) is 17.6 Å². The van der Waals surface area contributed by atoms with Gasteiger partial charge in [-0.1, -0.05) is 18.0 Å². The van der Waals surface area contributed by atoms with E-state index in [1.165, 1.54) is 50.0 Å². The number of carbonyl (C=O) groups excluding carboxylic acids is 1. The molecule has 2 fully saturated rings. The molecule has 0 unspecified atom stereocenters. The first-order valence-corrected chi connectivity index (χ1v) is 9.58. The van der Waals surface area contributed by atoms with E-state index in [1.54, 1.807) is 12.1 Å². The third-order valence-corrected chi connectivity index (χ3v) is 5.69. The van der Waals surface area contributed by atoms with Crippen LogP contribution in [0.2, 0.25) is 5.02 Å². The van der Waals surface area contributed by atoms with E-state index in [9.17, 15) is 4.79 Å². The zero-order valence-electron chi connectivity index (χ0n) is 14.3. The van der Waals surface area contributed by atoms with Gasteiger partial charge in [0.15, 0.2) is 0 Å². The van der Waals surface area contributed by atoms with Crippen molar-refractivity contribution in [3.8, 4) is 0 Å². The average Bonchev–Trinajstić information content (AvgIpc) is 3.01. The lowest BCUT2D eigenvalue weighted by molar-refractivity contribution is -0.122. The van der Waals surface area contributed by atoms with Crippen molar-refractivity contribution in [3.05, 3.63) is 23.2 Å². The second-order valence-electron chi connectivity index (χ2n) is 7.17. The number of halogens is 1. The Morgan fingerprint density at radius 1 is 1.16 bits per heavy atom. The van der Waals surface area contributed by atoms with Gasteiger partial charge >= 0.3 is 0 Å². The molecule has 2 aromatic rings. The second kappa shape index (κ2) is 7.30. The number of carbonyl (C=O) groups is 1. The molecule has 0 bridgehead atoms. The van der Waals surface area contributed by atoms with Crippen molar-refractivity contribution < 1.29 is 4.79 Å². The van der Waals surface area contributed by atoms with Crippen LogP contribution >= 0.6 is 11.6 Å². The standard InChI is InChI=1S/C18H24ClN5O/c19-14-6-7-15-16(10-14)22-24(21-15)12-18(25)20-11-13-4-3-9-23-8-2-1-5-17(13)23/h6-7,10,13,17H,1-5,8-9,11-12H2,(H,20,25)/t13-,17+/m0/s1. The Balaban J connectivity index is 1.33. The monoisotopic (exact) mass is 361 g/mol. The number of hydrogen-bond donors (Lipinski definition) is 1. The molecule has 2 aliphatic rings. The molecule has 2 aliphatic heterocycles. The van der Waals surface area contributed by atoms with Crippen molar-refractivity contribution in [2.45, 2.75) is 44.7 Å². The molecular formula is C18H24ClN5O. The Morgan fingerprint density at radius 2 is 2.00 bits per heavy atom. The zero-order valence-corrected chi connectivity index (χ0v) is 15.1. The first-order chi connectivity index (χ1) is 12.2. The average molecular weight is 362 g/mol. The maximum Gasteiger partial charge on any atom is 0.243 e. The highest BCUT2D eigenvalue weighted by molar-refractivity contribution is 6.31. The lowest BCUT2D eigenvalue weighted by atomic mass is 9.83. The number of aromatic nitrogens is 3. The molecule has 6 nitrogen and oxygen atoms in total. The first kappa shape index (κ1) is 16.8. The largest absolute Gasteiger partial charge is 0.354 e. The summed E-state index contributed by atoms with van der Waals surface area (Å²) in [5.41, 5.74) is 1.47. The Morgan fingerprint density at radius 3 is 2.92 bits per heavy atom. The van der Waals surface area contributed by atoms with E-state index in [2.05, 4.69) is 20.4 Å². The van der Waals surface area contributed by atoms with Crippen molar-refractivity contribution >= 4 is 28.5 Å². The molecular weight excluding hydrogens is 338 g/mol. The molecule has 0 radical (unpaired) electrons. The molecule has 4 rings (SSSR count). The Bertz CT molecular complexity index is 759. The highest BCUT2D eigenvalue weighted by Gasteiger charge is 2.32. The summed E-state index contributed by atoms with van der Waals surface area (Å²) in [7, 11) is 0. The van der Waals surface area contributed by atoms with Gasteiger partial charge in [0.1, 0.15) is 17.6 Å². The number of nitrogens with zero attached hydrogens (tertiary/aromatic N) is 4. The summed E-state index contributed by atoms with van der Waals surface area (Å²) in [4.78, 5) is 16.4. The number of hydrogen-bond acceptors (Lipinski definition) is 4. The molecule has 25 heavy (non-hydrogen) atoms. The van der Waals surface area contributed by atoms with Crippen LogP contribution in [0.4, 0.5) is 0 Å². The topological polar surface area (TPSA) is 63.1 Å². The van der Waals surface area contributed by atoms with Gasteiger partial charge in [-0.2, -0.15) is 15.0 Å². The lowest BCUT2D eigenvalue weighted by Gasteiger charge is -2.44. The van der Waals surface area contributed by atoms with E-state index in [0.717, 1.165) is 12.1 Å². The molecule has 0 saturated carbocycles. The number of nitrogens with one attached hydrogen (secondary N) is 1. The maximum absolute atomic E-state index is 12.3. The van der Waals surface area contributed by atoms with Crippen molar-refractivity contribution in [1.82, 2.24) is 25.2 Å². The van der Waals surface area contributed by atoms with Crippen molar-refractivity contribution in [3.63, 3.8) is 0 Å². The molecule has 3 heterocycles. The van der Waals surface area contributed by atoms with Gasteiger partial charge < -0.3 is 10.2 Å². The van der Waals surface area contributed by atoms with Crippen molar-refractivity contribution in [2.75, 3.05) is 19.6 Å². The van der Waals surface area contributed by atoms with Gasteiger partial charge in [-0.25, -0.2) is 0 Å². The predicted octanol–water partition coefficient (Wildman–Crippen LogP) is 2.47. The molecule has 2 saturated heterocycles. The molecule has 0 aliphatic carbocycles. The van der Waals surface area contributed by atoms with Crippen LogP contribution in [0.5, 0.6) is 0 Å². The minimum Gasteiger partial charge on any atom is -0.354 e. The van der Waals surface area contributed by atoms with Gasteiger partial charge in [0.25, 0.3) is 0 Å². The summed E-state index contributed by atoms with van der Waals surface area (Å²) < 4.78 is 0. The molecule has 1 amide bonds. The second-order valence-corrected chi connectivity index (χ2v) is 7.61. The van der Waals surface area contributed by atoms with Crippen LogP contribution in [0.15, 0.2) is 18.2 Å². The molecule has 1 N–H and O–H groups in total. The smallest absolute Gasteiger partial charge is 0.243 e. The van der Waals surface area contributed by atoms with E-state index in [0.29, 0.717) is 22.5 Å². The van der Waals surface area contributed by atoms with Gasteiger partial charge in [-0.3, -0.25) is 4.79 Å². The molecule has 1 aromatic heterocycles. The summed E-state index contributed by atoms with van der Waals surface area (Å²) in [6.45, 7) is 3.35. The van der Waals surface area contributed by atoms with Gasteiger partial charge in [-0.15, -0.1) is 0 Å². The Kier molecular flexibility index (Phi) is 4.90. The van der Waals surface area contributed by atoms with Crippen molar-refractivity contribution in [1.29, 1.82) is 0 Å². The zero-order chi connectivity index (χ0) is 17.2. The molecule has 2 atom stereocenters. The van der Waals surface area contributed by atoms with Gasteiger partial charge in [-0.05, 0) is 62.9 Å². The quantitative estimate of drug-likeness (QED) is 0.908. The number of piperidine rings is 2. The summed E-state index contributed by atoms with van der Waals surface area (Å²) in [5, 5.41) is 12.4. The van der Waals surface area contributed by atoms with Gasteiger partial charge in [0.2, 0.25) is 5.91 Å². The lowest BCUT2D eigenvalue weighted by Crippen LogP contribution is -2.51. The van der Waals surface area contributed by atoms with E-state index in [1.807, 2.05) is 6.07 Å². The number of fused-ring (bicyclic) bond motifs is 2. The van der Waals surface area contributed by atoms with E-state index in [4.69, 9.17) is 11.6 Å². The Hall–Kier alpha value is -1.66. The van der Waals surface area contributed by atoms with Crippen LogP contribution in [-0.4, -0.2) is 51.5 Å². The van der Waals surface area contributed by atoms with Crippen LogP contribution < -0.4 is 5.32 Å². The summed E-state index contributed by atoms with van der Waals surface area (Å²) in [5.74, 6) is 0.542. The van der Waals surface area contributed by atoms with Crippen LogP contribution in [0.3, 0.4) is 0 Å². The minimum atomic E-state index is -0.0284. The van der Waals surface area contributed by atoms with Crippen molar-refractivity contribution in [2.24, 2.45) is 5.92 Å². The van der Waals surface area contributed by atoms with Crippen LogP contribution in [0, 0.1) is 5.92 Å². The number of rotatable bonds is 4. The molecule has 7 heteroatoms. The fourth-order valence-electron chi connectivity index (χ4n) is 4.25. The van der Waals surface area contributed by atoms with E-state index in [-0.39, 0.29) is 12.5 Å². The first-order valence-electron chi connectivity index (χ1n) is 9.20. The molecule has 1 aromatic carbocycles. The summed E-state index contributed by atoms with van der Waals surface area (Å²) in [6, 6.07) is 6.01. The van der Waals surface area contributed by atoms with Gasteiger partial charge in [0.05, 0.1) is 0 Å². The number of benzene rings is 1. The summed E-state index contributed by atoms with van der Waals surface area (Å²) in [6.07, 6.45) is 6.36. The Labute approximate surface area is 152 Å². The minimum absolute atomic E-state index is 0.0284.